The van der Waals surface area contributed by atoms with E-state index in [1.807, 2.05) is 0 Å². The molecule has 0 aromatic heterocycles. The first-order valence-electron chi connectivity index (χ1n) is 3.23. The molecule has 0 radical (unpaired) electrons. The van der Waals surface area contributed by atoms with Crippen molar-refractivity contribution < 1.29 is 19.5 Å². The van der Waals surface area contributed by atoms with E-state index in [4.69, 9.17) is 0 Å². The molecular formula is C6H6NO4S-. The van der Waals surface area contributed by atoms with Crippen molar-refractivity contribution in [3.05, 3.63) is 0 Å². The molecule has 0 N–H and O–H groups in total. The molecule has 0 aromatic carbocycles. The van der Waals surface area contributed by atoms with E-state index < -0.39 is 23.2 Å². The Labute approximate surface area is 72.7 Å². The fourth-order valence-corrected chi connectivity index (χ4v) is 1.63. The van der Waals surface area contributed by atoms with Gasteiger partial charge in [-0.15, -0.1) is 0 Å². The first-order chi connectivity index (χ1) is 5.54. The van der Waals surface area contributed by atoms with Crippen LogP contribution in [0.5, 0.6) is 0 Å². The smallest absolute Gasteiger partial charge is 0.289 e. The molecule has 0 unspecified atom stereocenters. The average molecular weight is 188 g/mol. The number of hydrogen-bond acceptors (Lipinski definition) is 5. The molecule has 1 aliphatic rings. The van der Waals surface area contributed by atoms with E-state index in [9.17, 15) is 19.5 Å². The highest BCUT2D eigenvalue weighted by molar-refractivity contribution is 8.14. The van der Waals surface area contributed by atoms with Gasteiger partial charge < -0.3 is 9.90 Å². The molecule has 1 heterocycles. The Balaban J connectivity index is 2.79. The lowest BCUT2D eigenvalue weighted by Crippen LogP contribution is -2.48. The summed E-state index contributed by atoms with van der Waals surface area (Å²) in [6.07, 6.45) is 0. The Kier molecular flexibility index (Phi) is 2.37. The molecule has 1 fully saturated rings. The predicted molar refractivity (Wildman–Crippen MR) is 39.2 cm³/mol. The zero-order valence-electron chi connectivity index (χ0n) is 6.27. The van der Waals surface area contributed by atoms with Crippen LogP contribution in [0.15, 0.2) is 0 Å². The fourth-order valence-electron chi connectivity index (χ4n) is 0.844. The fraction of sp³-hybridized carbons (Fsp3) is 0.500. The number of thioether (sulfide) groups is 1. The summed E-state index contributed by atoms with van der Waals surface area (Å²) in [6.45, 7) is 1.25. The van der Waals surface area contributed by atoms with Gasteiger partial charge in [0.05, 0.1) is 17.8 Å². The summed E-state index contributed by atoms with van der Waals surface area (Å²) in [5.41, 5.74) is 0. The van der Waals surface area contributed by atoms with Crippen LogP contribution in [-0.2, 0) is 9.59 Å². The van der Waals surface area contributed by atoms with Crippen LogP contribution >= 0.6 is 11.8 Å². The molecule has 1 atom stereocenters. The van der Waals surface area contributed by atoms with E-state index in [0.29, 0.717) is 4.90 Å². The number of imide groups is 1. The van der Waals surface area contributed by atoms with Gasteiger partial charge in [0.2, 0.25) is 5.91 Å². The lowest BCUT2D eigenvalue weighted by molar-refractivity contribution is -0.309. The number of hydrogen-bond donors (Lipinski definition) is 0. The number of carboxylic acid groups (broad SMARTS) is 1. The topological polar surface area (TPSA) is 77.5 Å². The minimum atomic E-state index is -1.42. The van der Waals surface area contributed by atoms with Gasteiger partial charge in [0.1, 0.15) is 0 Å². The number of carbonyl (C=O) groups is 3. The maximum atomic E-state index is 10.9. The van der Waals surface area contributed by atoms with Crippen LogP contribution in [0.4, 0.5) is 4.79 Å². The number of nitrogens with zero attached hydrogens (tertiary/aromatic N) is 1. The number of carbonyl (C=O) groups excluding carboxylic acids is 3. The third kappa shape index (κ3) is 1.42. The minimum Gasteiger partial charge on any atom is -0.548 e. The van der Waals surface area contributed by atoms with Crippen LogP contribution in [0.25, 0.3) is 0 Å². The van der Waals surface area contributed by atoms with Crippen molar-refractivity contribution in [3.8, 4) is 0 Å². The van der Waals surface area contributed by atoms with Crippen molar-refractivity contribution in [3.63, 3.8) is 0 Å². The lowest BCUT2D eigenvalue weighted by atomic mass is 10.3. The molecular weight excluding hydrogens is 182 g/mol. The number of rotatable bonds is 2. The predicted octanol–water partition coefficient (Wildman–Crippen LogP) is -1.18. The van der Waals surface area contributed by atoms with Crippen LogP contribution in [0.2, 0.25) is 0 Å². The second kappa shape index (κ2) is 3.14. The average Bonchev–Trinajstić information content (AvgIpc) is 2.30. The second-order valence-corrected chi connectivity index (χ2v) is 3.24. The van der Waals surface area contributed by atoms with E-state index in [1.165, 1.54) is 6.92 Å². The molecule has 1 rings (SSSR count). The molecule has 0 bridgehead atoms. The highest BCUT2D eigenvalue weighted by Crippen LogP contribution is 2.20. The Bertz CT molecular complexity index is 236. The Morgan fingerprint density at radius 2 is 2.25 bits per heavy atom. The van der Waals surface area contributed by atoms with E-state index in [2.05, 4.69) is 0 Å². The van der Waals surface area contributed by atoms with Gasteiger partial charge in [0.25, 0.3) is 5.24 Å². The van der Waals surface area contributed by atoms with Gasteiger partial charge in [-0.05, 0) is 6.92 Å². The Morgan fingerprint density at radius 1 is 1.67 bits per heavy atom. The van der Waals surface area contributed by atoms with Crippen molar-refractivity contribution in [2.75, 3.05) is 5.75 Å². The molecule has 2 amide bonds. The van der Waals surface area contributed by atoms with Gasteiger partial charge in [-0.1, -0.05) is 11.8 Å². The standard InChI is InChI=1S/C6H7NO4S/c1-3(5(9)10)7-4(8)2-12-6(7)11/h3H,2H2,1H3,(H,9,10)/p-1/t3-/m0/s1. The van der Waals surface area contributed by atoms with E-state index >= 15 is 0 Å². The van der Waals surface area contributed by atoms with Crippen LogP contribution in [0, 0.1) is 0 Å². The molecule has 5 nitrogen and oxygen atoms in total. The van der Waals surface area contributed by atoms with Crippen LogP contribution < -0.4 is 5.11 Å². The maximum absolute atomic E-state index is 10.9. The number of carboxylic acids is 1. The van der Waals surface area contributed by atoms with Crippen LogP contribution in [-0.4, -0.2) is 33.8 Å². The molecule has 6 heteroatoms. The van der Waals surface area contributed by atoms with Gasteiger partial charge in [-0.25, -0.2) is 0 Å². The van der Waals surface area contributed by atoms with Crippen LogP contribution in [0.3, 0.4) is 0 Å². The van der Waals surface area contributed by atoms with Crippen LogP contribution in [0.1, 0.15) is 6.92 Å². The third-order valence-corrected chi connectivity index (χ3v) is 2.35. The zero-order valence-corrected chi connectivity index (χ0v) is 7.09. The van der Waals surface area contributed by atoms with Crippen molar-refractivity contribution in [1.29, 1.82) is 0 Å². The van der Waals surface area contributed by atoms with Crippen molar-refractivity contribution in [2.45, 2.75) is 13.0 Å². The molecule has 0 aromatic rings. The Morgan fingerprint density at radius 3 is 2.58 bits per heavy atom. The number of aliphatic carboxylic acids is 1. The van der Waals surface area contributed by atoms with Crippen molar-refractivity contribution >= 4 is 28.9 Å². The molecule has 0 aliphatic carbocycles. The van der Waals surface area contributed by atoms with Gasteiger partial charge in [-0.2, -0.15) is 0 Å². The summed E-state index contributed by atoms with van der Waals surface area (Å²) in [6, 6.07) is -1.17. The first-order valence-corrected chi connectivity index (χ1v) is 4.22. The minimum absolute atomic E-state index is 0.0243. The highest BCUT2D eigenvalue weighted by Gasteiger charge is 2.34. The van der Waals surface area contributed by atoms with E-state index in [-0.39, 0.29) is 5.75 Å². The first kappa shape index (κ1) is 9.05. The maximum Gasteiger partial charge on any atom is 0.289 e. The molecule has 1 saturated heterocycles. The van der Waals surface area contributed by atoms with Crippen molar-refractivity contribution in [2.24, 2.45) is 0 Å². The normalized spacial score (nSPS) is 19.9. The third-order valence-electron chi connectivity index (χ3n) is 1.51. The summed E-state index contributed by atoms with van der Waals surface area (Å²) >= 11 is 0.806. The summed E-state index contributed by atoms with van der Waals surface area (Å²) in [5, 5.41) is 9.79. The lowest BCUT2D eigenvalue weighted by Gasteiger charge is -2.21. The molecule has 0 saturated carbocycles. The summed E-state index contributed by atoms with van der Waals surface area (Å²) in [4.78, 5) is 32.9. The van der Waals surface area contributed by atoms with Gasteiger partial charge in [0.15, 0.2) is 0 Å². The molecule has 12 heavy (non-hydrogen) atoms. The summed E-state index contributed by atoms with van der Waals surface area (Å²) < 4.78 is 0. The summed E-state index contributed by atoms with van der Waals surface area (Å²) in [7, 11) is 0. The van der Waals surface area contributed by atoms with Gasteiger partial charge in [-0.3, -0.25) is 14.5 Å². The largest absolute Gasteiger partial charge is 0.548 e. The molecule has 1 aliphatic heterocycles. The number of amides is 2. The summed E-state index contributed by atoms with van der Waals surface area (Å²) in [5.74, 6) is -1.86. The van der Waals surface area contributed by atoms with E-state index in [0.717, 1.165) is 11.8 Å². The van der Waals surface area contributed by atoms with Crippen molar-refractivity contribution in [1.82, 2.24) is 4.90 Å². The zero-order chi connectivity index (χ0) is 9.30. The quantitative estimate of drug-likeness (QED) is 0.545. The van der Waals surface area contributed by atoms with E-state index in [1.54, 1.807) is 0 Å². The second-order valence-electron chi connectivity index (χ2n) is 2.31. The SMILES string of the molecule is C[C@@H](C(=O)[O-])N1C(=O)CSC1=O. The highest BCUT2D eigenvalue weighted by atomic mass is 32.2. The molecule has 66 valence electrons. The van der Waals surface area contributed by atoms with Gasteiger partial charge in [0, 0.05) is 0 Å². The van der Waals surface area contributed by atoms with Gasteiger partial charge >= 0.3 is 0 Å². The monoisotopic (exact) mass is 188 g/mol. The molecule has 0 spiro atoms. The Hall–Kier alpha value is -1.04.